The highest BCUT2D eigenvalue weighted by atomic mass is 16.5. The molecule has 0 aliphatic heterocycles. The topological polar surface area (TPSA) is 34.2 Å². The average molecular weight is 236 g/mol. The maximum atomic E-state index is 5.84. The van der Waals surface area contributed by atoms with Crippen LogP contribution in [-0.4, -0.2) is 17.6 Å². The third-order valence-corrected chi connectivity index (χ3v) is 2.86. The molecular weight excluding hydrogens is 212 g/mol. The van der Waals surface area contributed by atoms with Crippen LogP contribution >= 0.6 is 0 Å². The number of nitrogens with one attached hydrogen (secondary N) is 1. The van der Waals surface area contributed by atoms with E-state index in [9.17, 15) is 0 Å². The summed E-state index contributed by atoms with van der Waals surface area (Å²) in [4.78, 5) is 4.33. The van der Waals surface area contributed by atoms with Gasteiger partial charge in [0.2, 0.25) is 5.88 Å². The van der Waals surface area contributed by atoms with Crippen molar-refractivity contribution in [2.75, 3.05) is 6.54 Å². The Balaban J connectivity index is 2.76. The highest BCUT2D eigenvalue weighted by Gasteiger charge is 2.13. The molecule has 0 amide bonds. The molecule has 0 bridgehead atoms. The molecule has 0 saturated heterocycles. The van der Waals surface area contributed by atoms with Crippen LogP contribution in [0.25, 0.3) is 0 Å². The molecule has 3 nitrogen and oxygen atoms in total. The molecule has 1 rings (SSSR count). The first-order chi connectivity index (χ1) is 8.19. The van der Waals surface area contributed by atoms with Crippen LogP contribution in [0.3, 0.4) is 0 Å². The highest BCUT2D eigenvalue weighted by Crippen LogP contribution is 2.23. The molecule has 0 aromatic carbocycles. The van der Waals surface area contributed by atoms with Crippen LogP contribution < -0.4 is 10.1 Å². The maximum Gasteiger partial charge on any atom is 0.218 e. The van der Waals surface area contributed by atoms with Gasteiger partial charge in [-0.15, -0.1) is 0 Å². The van der Waals surface area contributed by atoms with Crippen molar-refractivity contribution in [3.8, 4) is 5.88 Å². The minimum atomic E-state index is 0.210. The van der Waals surface area contributed by atoms with Gasteiger partial charge in [-0.25, -0.2) is 4.98 Å². The van der Waals surface area contributed by atoms with Crippen LogP contribution in [0.5, 0.6) is 5.88 Å². The Hall–Kier alpha value is -1.09. The molecular formula is C14H24N2O. The lowest BCUT2D eigenvalue weighted by Crippen LogP contribution is -2.21. The minimum absolute atomic E-state index is 0.210. The standard InChI is InChI=1S/C14H24N2O/c1-5-9-15-12(4)13-8-7-10-16-14(13)17-11(3)6-2/h7-8,10-12,15H,5-6,9H2,1-4H3. The van der Waals surface area contributed by atoms with Gasteiger partial charge in [0.25, 0.3) is 0 Å². The molecule has 2 unspecified atom stereocenters. The number of nitrogens with zero attached hydrogens (tertiary/aromatic N) is 1. The number of rotatable bonds is 7. The first-order valence-corrected chi connectivity index (χ1v) is 6.54. The molecule has 0 radical (unpaired) electrons. The fraction of sp³-hybridized carbons (Fsp3) is 0.643. The lowest BCUT2D eigenvalue weighted by atomic mass is 10.1. The van der Waals surface area contributed by atoms with Gasteiger partial charge in [-0.2, -0.15) is 0 Å². The molecule has 1 aromatic heterocycles. The first kappa shape index (κ1) is 14.0. The molecule has 3 heteroatoms. The third-order valence-electron chi connectivity index (χ3n) is 2.86. The van der Waals surface area contributed by atoms with E-state index in [-0.39, 0.29) is 12.1 Å². The van der Waals surface area contributed by atoms with Gasteiger partial charge in [-0.05, 0) is 39.3 Å². The summed E-state index contributed by atoms with van der Waals surface area (Å²) in [5.41, 5.74) is 1.14. The largest absolute Gasteiger partial charge is 0.474 e. The fourth-order valence-electron chi connectivity index (χ4n) is 1.58. The van der Waals surface area contributed by atoms with Crippen LogP contribution in [0.4, 0.5) is 0 Å². The average Bonchev–Trinajstić information content (AvgIpc) is 2.36. The lowest BCUT2D eigenvalue weighted by Gasteiger charge is -2.19. The van der Waals surface area contributed by atoms with E-state index in [4.69, 9.17) is 4.74 Å². The Kier molecular flexibility index (Phi) is 5.98. The molecule has 2 atom stereocenters. The Morgan fingerprint density at radius 3 is 2.76 bits per heavy atom. The third kappa shape index (κ3) is 4.35. The Bertz CT molecular complexity index is 328. The van der Waals surface area contributed by atoms with Gasteiger partial charge >= 0.3 is 0 Å². The van der Waals surface area contributed by atoms with Crippen molar-refractivity contribution in [1.82, 2.24) is 10.3 Å². The second-order valence-corrected chi connectivity index (χ2v) is 4.41. The van der Waals surface area contributed by atoms with Crippen LogP contribution in [0.2, 0.25) is 0 Å². The summed E-state index contributed by atoms with van der Waals surface area (Å²) in [5, 5.41) is 3.46. The van der Waals surface area contributed by atoms with E-state index in [2.05, 4.69) is 44.1 Å². The second kappa shape index (κ2) is 7.28. The summed E-state index contributed by atoms with van der Waals surface area (Å²) in [5.74, 6) is 0.762. The van der Waals surface area contributed by atoms with E-state index in [0.29, 0.717) is 0 Å². The van der Waals surface area contributed by atoms with Crippen LogP contribution in [0.1, 0.15) is 52.1 Å². The predicted octanol–water partition coefficient (Wildman–Crippen LogP) is 3.32. The van der Waals surface area contributed by atoms with E-state index in [1.165, 1.54) is 0 Å². The maximum absolute atomic E-state index is 5.84. The molecule has 1 heterocycles. The summed E-state index contributed by atoms with van der Waals surface area (Å²) < 4.78 is 5.84. The molecule has 0 fully saturated rings. The minimum Gasteiger partial charge on any atom is -0.474 e. The van der Waals surface area contributed by atoms with E-state index >= 15 is 0 Å². The summed E-state index contributed by atoms with van der Waals surface area (Å²) in [6.07, 6.45) is 4.12. The molecule has 17 heavy (non-hydrogen) atoms. The Morgan fingerprint density at radius 2 is 2.12 bits per heavy atom. The molecule has 96 valence electrons. The SMILES string of the molecule is CCCNC(C)c1cccnc1OC(C)CC. The van der Waals surface area contributed by atoms with Crippen LogP contribution in [0, 0.1) is 0 Å². The Labute approximate surface area is 105 Å². The summed E-state index contributed by atoms with van der Waals surface area (Å²) >= 11 is 0. The van der Waals surface area contributed by atoms with Gasteiger partial charge in [-0.3, -0.25) is 0 Å². The van der Waals surface area contributed by atoms with E-state index in [0.717, 1.165) is 30.8 Å². The van der Waals surface area contributed by atoms with Gasteiger partial charge in [0, 0.05) is 17.8 Å². The van der Waals surface area contributed by atoms with Crippen molar-refractivity contribution in [3.63, 3.8) is 0 Å². The van der Waals surface area contributed by atoms with Crippen LogP contribution in [-0.2, 0) is 0 Å². The smallest absolute Gasteiger partial charge is 0.218 e. The monoisotopic (exact) mass is 236 g/mol. The fourth-order valence-corrected chi connectivity index (χ4v) is 1.58. The van der Waals surface area contributed by atoms with Gasteiger partial charge < -0.3 is 10.1 Å². The van der Waals surface area contributed by atoms with Gasteiger partial charge in [0.1, 0.15) is 0 Å². The molecule has 1 aromatic rings. The van der Waals surface area contributed by atoms with Crippen molar-refractivity contribution >= 4 is 0 Å². The van der Waals surface area contributed by atoms with Crippen molar-refractivity contribution < 1.29 is 4.74 Å². The number of hydrogen-bond acceptors (Lipinski definition) is 3. The molecule has 1 N–H and O–H groups in total. The van der Waals surface area contributed by atoms with E-state index in [1.54, 1.807) is 6.20 Å². The molecule has 0 aliphatic carbocycles. The predicted molar refractivity (Wildman–Crippen MR) is 71.3 cm³/mol. The van der Waals surface area contributed by atoms with Crippen molar-refractivity contribution in [2.45, 2.75) is 52.7 Å². The zero-order valence-corrected chi connectivity index (χ0v) is 11.4. The highest BCUT2D eigenvalue weighted by molar-refractivity contribution is 5.28. The number of pyridine rings is 1. The zero-order chi connectivity index (χ0) is 12.7. The van der Waals surface area contributed by atoms with Crippen molar-refractivity contribution in [1.29, 1.82) is 0 Å². The number of aromatic nitrogens is 1. The second-order valence-electron chi connectivity index (χ2n) is 4.41. The first-order valence-electron chi connectivity index (χ1n) is 6.54. The van der Waals surface area contributed by atoms with E-state index < -0.39 is 0 Å². The molecule has 0 aliphatic rings. The molecule has 0 saturated carbocycles. The number of hydrogen-bond donors (Lipinski definition) is 1. The Morgan fingerprint density at radius 1 is 1.35 bits per heavy atom. The normalized spacial score (nSPS) is 14.4. The number of ether oxygens (including phenoxy) is 1. The zero-order valence-electron chi connectivity index (χ0n) is 11.4. The summed E-state index contributed by atoms with van der Waals surface area (Å²) in [6, 6.07) is 4.32. The van der Waals surface area contributed by atoms with Gasteiger partial charge in [0.05, 0.1) is 6.10 Å². The van der Waals surface area contributed by atoms with Crippen molar-refractivity contribution in [2.24, 2.45) is 0 Å². The lowest BCUT2D eigenvalue weighted by molar-refractivity contribution is 0.204. The summed E-state index contributed by atoms with van der Waals surface area (Å²) in [6.45, 7) is 9.52. The van der Waals surface area contributed by atoms with Gasteiger partial charge in [-0.1, -0.05) is 19.9 Å². The quantitative estimate of drug-likeness (QED) is 0.788. The van der Waals surface area contributed by atoms with Crippen LogP contribution in [0.15, 0.2) is 18.3 Å². The molecule has 0 spiro atoms. The van der Waals surface area contributed by atoms with E-state index in [1.807, 2.05) is 6.07 Å². The van der Waals surface area contributed by atoms with Crippen molar-refractivity contribution in [3.05, 3.63) is 23.9 Å². The summed E-state index contributed by atoms with van der Waals surface area (Å²) in [7, 11) is 0. The van der Waals surface area contributed by atoms with Gasteiger partial charge in [0.15, 0.2) is 0 Å².